The monoisotopic (exact) mass is 390 g/mol. The molecule has 148 valence electrons. The molecule has 1 aliphatic heterocycles. The number of hydrogen-bond acceptors (Lipinski definition) is 5. The maximum Gasteiger partial charge on any atom is 0.236 e. The number of anilines is 1. The Kier molecular flexibility index (Phi) is 3.91. The van der Waals surface area contributed by atoms with Gasteiger partial charge in [0, 0.05) is 17.3 Å². The number of ether oxygens (including phenoxy) is 2. The molecule has 1 aromatic heterocycles. The Labute approximate surface area is 168 Å². The number of nitrogens with zero attached hydrogens (tertiary/aromatic N) is 1. The van der Waals surface area contributed by atoms with Gasteiger partial charge in [-0.15, -0.1) is 0 Å². The van der Waals surface area contributed by atoms with Gasteiger partial charge in [0.25, 0.3) is 0 Å². The maximum atomic E-state index is 13.2. The lowest BCUT2D eigenvalue weighted by atomic mass is 9.98. The van der Waals surface area contributed by atoms with Crippen LogP contribution in [0.25, 0.3) is 11.3 Å². The third-order valence-electron chi connectivity index (χ3n) is 5.76. The number of nitrogens with one attached hydrogen (secondary N) is 1. The van der Waals surface area contributed by atoms with Crippen molar-refractivity contribution in [1.29, 1.82) is 0 Å². The topological polar surface area (TPSA) is 73.6 Å². The molecule has 0 saturated heterocycles. The Balaban J connectivity index is 1.41. The summed E-state index contributed by atoms with van der Waals surface area (Å²) in [7, 11) is 0. The van der Waals surface area contributed by atoms with Crippen LogP contribution in [0.4, 0.5) is 5.69 Å². The fourth-order valence-corrected chi connectivity index (χ4v) is 4.02. The zero-order valence-electron chi connectivity index (χ0n) is 16.7. The van der Waals surface area contributed by atoms with E-state index in [1.165, 1.54) is 5.56 Å². The first-order valence-electron chi connectivity index (χ1n) is 9.73. The Morgan fingerprint density at radius 1 is 1.00 bits per heavy atom. The summed E-state index contributed by atoms with van der Waals surface area (Å²) in [4.78, 5) is 13.2. The van der Waals surface area contributed by atoms with Gasteiger partial charge in [0.1, 0.15) is 0 Å². The molecule has 0 atom stereocenters. The van der Waals surface area contributed by atoms with Crippen LogP contribution in [0, 0.1) is 20.8 Å². The highest BCUT2D eigenvalue weighted by atomic mass is 16.7. The summed E-state index contributed by atoms with van der Waals surface area (Å²) in [5, 5.41) is 7.37. The first kappa shape index (κ1) is 17.8. The summed E-state index contributed by atoms with van der Waals surface area (Å²) < 4.78 is 16.4. The van der Waals surface area contributed by atoms with Gasteiger partial charge in [0.2, 0.25) is 12.7 Å². The van der Waals surface area contributed by atoms with Crippen molar-refractivity contribution in [1.82, 2.24) is 5.16 Å². The number of carbonyl (C=O) groups excluding carboxylic acids is 1. The van der Waals surface area contributed by atoms with Crippen molar-refractivity contribution in [2.24, 2.45) is 0 Å². The van der Waals surface area contributed by atoms with E-state index in [0.717, 1.165) is 41.0 Å². The van der Waals surface area contributed by atoms with E-state index >= 15 is 0 Å². The smallest absolute Gasteiger partial charge is 0.236 e. The molecule has 6 nitrogen and oxygen atoms in total. The van der Waals surface area contributed by atoms with E-state index in [9.17, 15) is 4.79 Å². The van der Waals surface area contributed by atoms with Crippen molar-refractivity contribution >= 4 is 11.6 Å². The average molecular weight is 390 g/mol. The number of benzene rings is 2. The lowest BCUT2D eigenvalue weighted by molar-refractivity contribution is -0.118. The Morgan fingerprint density at radius 2 is 1.72 bits per heavy atom. The molecule has 0 unspecified atom stereocenters. The Bertz CT molecular complexity index is 1100. The molecule has 29 heavy (non-hydrogen) atoms. The van der Waals surface area contributed by atoms with Crippen molar-refractivity contribution in [3.63, 3.8) is 0 Å². The summed E-state index contributed by atoms with van der Waals surface area (Å²) in [6.07, 6.45) is 1.52. The predicted octanol–water partition coefficient (Wildman–Crippen LogP) is 4.67. The minimum absolute atomic E-state index is 0.0295. The van der Waals surface area contributed by atoms with Crippen LogP contribution in [0.5, 0.6) is 11.5 Å². The fourth-order valence-electron chi connectivity index (χ4n) is 4.02. The van der Waals surface area contributed by atoms with Crippen molar-refractivity contribution < 1.29 is 18.8 Å². The second-order valence-electron chi connectivity index (χ2n) is 7.95. The lowest BCUT2D eigenvalue weighted by Crippen LogP contribution is -2.28. The summed E-state index contributed by atoms with van der Waals surface area (Å²) >= 11 is 0. The quantitative estimate of drug-likeness (QED) is 0.701. The molecule has 0 spiro atoms. The standard InChI is InChI=1S/C23H22N2O4/c1-13-8-14(2)21(15(3)9-13)24-22(26)23(6-7-23)20-11-18(29-25-20)16-4-5-17-19(10-16)28-12-27-17/h4-5,8-11H,6-7,12H2,1-3H3,(H,24,26). The molecule has 0 bridgehead atoms. The molecular weight excluding hydrogens is 368 g/mol. The third kappa shape index (κ3) is 2.95. The SMILES string of the molecule is Cc1cc(C)c(NC(=O)C2(c3cc(-c4ccc5c(c4)OCO5)on3)CC2)c(C)c1. The molecule has 3 aromatic rings. The molecule has 5 rings (SSSR count). The molecule has 2 heterocycles. The number of carbonyl (C=O) groups is 1. The molecule has 1 saturated carbocycles. The van der Waals surface area contributed by atoms with Gasteiger partial charge in [-0.1, -0.05) is 22.9 Å². The van der Waals surface area contributed by atoms with Crippen LogP contribution in [-0.4, -0.2) is 17.9 Å². The van der Waals surface area contributed by atoms with Crippen molar-refractivity contribution in [2.45, 2.75) is 39.0 Å². The van der Waals surface area contributed by atoms with Gasteiger partial charge < -0.3 is 19.3 Å². The second-order valence-corrected chi connectivity index (χ2v) is 7.95. The van der Waals surface area contributed by atoms with Crippen LogP contribution in [-0.2, 0) is 10.2 Å². The Morgan fingerprint density at radius 3 is 2.45 bits per heavy atom. The minimum Gasteiger partial charge on any atom is -0.454 e. The molecule has 2 aromatic carbocycles. The fraction of sp³-hybridized carbons (Fsp3) is 0.304. The van der Waals surface area contributed by atoms with E-state index in [0.29, 0.717) is 17.2 Å². The number of amides is 1. The highest BCUT2D eigenvalue weighted by molar-refractivity contribution is 6.02. The average Bonchev–Trinajstić information content (AvgIpc) is 3.13. The molecule has 2 aliphatic rings. The van der Waals surface area contributed by atoms with E-state index in [1.54, 1.807) is 0 Å². The predicted molar refractivity (Wildman–Crippen MR) is 108 cm³/mol. The van der Waals surface area contributed by atoms with E-state index in [2.05, 4.69) is 29.5 Å². The molecule has 0 radical (unpaired) electrons. The molecule has 6 heteroatoms. The van der Waals surface area contributed by atoms with Gasteiger partial charge >= 0.3 is 0 Å². The first-order valence-corrected chi connectivity index (χ1v) is 9.73. The largest absolute Gasteiger partial charge is 0.454 e. The lowest BCUT2D eigenvalue weighted by Gasteiger charge is -2.16. The summed E-state index contributed by atoms with van der Waals surface area (Å²) in [5.41, 5.74) is 5.08. The highest BCUT2D eigenvalue weighted by Crippen LogP contribution is 2.49. The minimum atomic E-state index is -0.623. The second kappa shape index (κ2) is 6.37. The number of aryl methyl sites for hydroxylation is 3. The van der Waals surface area contributed by atoms with Crippen molar-refractivity contribution in [3.05, 3.63) is 58.8 Å². The van der Waals surface area contributed by atoms with E-state index in [-0.39, 0.29) is 12.7 Å². The Hall–Kier alpha value is -3.28. The zero-order valence-corrected chi connectivity index (χ0v) is 16.7. The molecule has 1 amide bonds. The van der Waals surface area contributed by atoms with Gasteiger partial charge in [-0.05, 0) is 62.9 Å². The van der Waals surface area contributed by atoms with Crippen LogP contribution in [0.1, 0.15) is 35.2 Å². The van der Waals surface area contributed by atoms with E-state index in [1.807, 2.05) is 38.1 Å². The molecule has 1 N–H and O–H groups in total. The number of aromatic nitrogens is 1. The number of fused-ring (bicyclic) bond motifs is 1. The third-order valence-corrected chi connectivity index (χ3v) is 5.76. The number of rotatable bonds is 4. The normalized spacial score (nSPS) is 16.0. The van der Waals surface area contributed by atoms with Crippen molar-refractivity contribution in [2.75, 3.05) is 12.1 Å². The summed E-state index contributed by atoms with van der Waals surface area (Å²) in [6.45, 7) is 6.31. The van der Waals surface area contributed by atoms with Crippen LogP contribution in [0.3, 0.4) is 0 Å². The van der Waals surface area contributed by atoms with Crippen molar-refractivity contribution in [3.8, 4) is 22.8 Å². The van der Waals surface area contributed by atoms with Gasteiger partial charge in [0.05, 0.1) is 11.1 Å². The molecule has 1 fully saturated rings. The summed E-state index contributed by atoms with van der Waals surface area (Å²) in [6, 6.07) is 11.6. The zero-order chi connectivity index (χ0) is 20.2. The molecule has 1 aliphatic carbocycles. The van der Waals surface area contributed by atoms with Gasteiger partial charge in [-0.2, -0.15) is 0 Å². The molecular formula is C23H22N2O4. The maximum absolute atomic E-state index is 13.2. The van der Waals surface area contributed by atoms with Gasteiger partial charge in [-0.25, -0.2) is 0 Å². The van der Waals surface area contributed by atoms with Crippen LogP contribution in [0.15, 0.2) is 40.9 Å². The van der Waals surface area contributed by atoms with Gasteiger partial charge in [0.15, 0.2) is 17.3 Å². The highest BCUT2D eigenvalue weighted by Gasteiger charge is 2.54. The first-order chi connectivity index (χ1) is 14.0. The van der Waals surface area contributed by atoms with E-state index in [4.69, 9.17) is 14.0 Å². The van der Waals surface area contributed by atoms with Crippen LogP contribution in [0.2, 0.25) is 0 Å². The van der Waals surface area contributed by atoms with Crippen LogP contribution >= 0.6 is 0 Å². The van der Waals surface area contributed by atoms with Gasteiger partial charge in [-0.3, -0.25) is 4.79 Å². The van der Waals surface area contributed by atoms with E-state index < -0.39 is 5.41 Å². The summed E-state index contributed by atoms with van der Waals surface area (Å²) in [5.74, 6) is 1.98. The number of hydrogen-bond donors (Lipinski definition) is 1. The van der Waals surface area contributed by atoms with Crippen LogP contribution < -0.4 is 14.8 Å².